The summed E-state index contributed by atoms with van der Waals surface area (Å²) in [5.41, 5.74) is 0.825. The van der Waals surface area contributed by atoms with Crippen LogP contribution in [0.3, 0.4) is 0 Å². The molecule has 1 fully saturated rings. The minimum absolute atomic E-state index is 0.0435. The number of nitro groups is 1. The highest BCUT2D eigenvalue weighted by atomic mass is 16.6. The van der Waals surface area contributed by atoms with Crippen molar-refractivity contribution in [3.05, 3.63) is 27.9 Å². The van der Waals surface area contributed by atoms with Gasteiger partial charge in [-0.2, -0.15) is 0 Å². The normalized spacial score (nSPS) is 15.8. The van der Waals surface area contributed by atoms with E-state index in [0.717, 1.165) is 25.3 Å². The molecule has 0 aromatic carbocycles. The maximum absolute atomic E-state index is 10.9. The van der Waals surface area contributed by atoms with Crippen LogP contribution in [-0.2, 0) is 0 Å². The largest absolute Gasteiger partial charge is 0.363 e. The smallest absolute Gasteiger partial charge is 0.311 e. The Balaban J connectivity index is 1.94. The fourth-order valence-corrected chi connectivity index (χ4v) is 2.17. The maximum atomic E-state index is 10.9. The lowest BCUT2D eigenvalue weighted by Gasteiger charge is -2.15. The first-order valence-corrected chi connectivity index (χ1v) is 6.25. The van der Waals surface area contributed by atoms with Crippen molar-refractivity contribution in [3.63, 3.8) is 0 Å². The van der Waals surface area contributed by atoms with Crippen LogP contribution in [0.2, 0.25) is 0 Å². The number of aromatic nitrogens is 1. The number of rotatable bonds is 5. The van der Waals surface area contributed by atoms with E-state index in [1.807, 2.05) is 6.92 Å². The summed E-state index contributed by atoms with van der Waals surface area (Å²) in [7, 11) is 0. The number of hydrogen-bond donors (Lipinski definition) is 1. The van der Waals surface area contributed by atoms with Gasteiger partial charge in [0.05, 0.1) is 4.92 Å². The summed E-state index contributed by atoms with van der Waals surface area (Å²) in [6, 6.07) is 3.16. The molecule has 0 saturated carbocycles. The van der Waals surface area contributed by atoms with Crippen LogP contribution in [0.5, 0.6) is 0 Å². The zero-order valence-corrected chi connectivity index (χ0v) is 10.6. The molecule has 0 unspecified atom stereocenters. The van der Waals surface area contributed by atoms with Gasteiger partial charge >= 0.3 is 5.69 Å². The summed E-state index contributed by atoms with van der Waals surface area (Å²) < 4.78 is 0. The van der Waals surface area contributed by atoms with E-state index in [1.165, 1.54) is 18.9 Å². The fraction of sp³-hybridized carbons (Fsp3) is 0.583. The Morgan fingerprint density at radius 2 is 2.17 bits per heavy atom. The van der Waals surface area contributed by atoms with Crippen LogP contribution in [0, 0.1) is 17.0 Å². The van der Waals surface area contributed by atoms with Gasteiger partial charge in [-0.3, -0.25) is 10.1 Å². The Morgan fingerprint density at radius 1 is 1.44 bits per heavy atom. The van der Waals surface area contributed by atoms with Crippen LogP contribution in [0.15, 0.2) is 12.1 Å². The molecule has 0 bridgehead atoms. The highest BCUT2D eigenvalue weighted by Crippen LogP contribution is 2.21. The first kappa shape index (κ1) is 12.8. The molecule has 0 radical (unpaired) electrons. The molecule has 0 spiro atoms. The van der Waals surface area contributed by atoms with E-state index in [-0.39, 0.29) is 5.69 Å². The van der Waals surface area contributed by atoms with Crippen molar-refractivity contribution >= 4 is 11.5 Å². The van der Waals surface area contributed by atoms with E-state index in [0.29, 0.717) is 12.4 Å². The van der Waals surface area contributed by atoms with E-state index in [4.69, 9.17) is 0 Å². The minimum Gasteiger partial charge on any atom is -0.363 e. The number of nitrogens with zero attached hydrogens (tertiary/aromatic N) is 3. The zero-order valence-electron chi connectivity index (χ0n) is 10.6. The van der Waals surface area contributed by atoms with Crippen LogP contribution in [0.1, 0.15) is 18.5 Å². The van der Waals surface area contributed by atoms with E-state index in [9.17, 15) is 10.1 Å². The number of hydrogen-bond acceptors (Lipinski definition) is 5. The number of pyridine rings is 1. The molecule has 6 heteroatoms. The monoisotopic (exact) mass is 250 g/mol. The third-order valence-electron chi connectivity index (χ3n) is 3.13. The lowest BCUT2D eigenvalue weighted by Crippen LogP contribution is -2.26. The van der Waals surface area contributed by atoms with Crippen molar-refractivity contribution in [1.29, 1.82) is 0 Å². The Bertz CT molecular complexity index is 430. The van der Waals surface area contributed by atoms with Gasteiger partial charge in [0, 0.05) is 24.8 Å². The fourth-order valence-electron chi connectivity index (χ4n) is 2.17. The quantitative estimate of drug-likeness (QED) is 0.637. The van der Waals surface area contributed by atoms with Gasteiger partial charge in [0.15, 0.2) is 0 Å². The molecule has 1 saturated heterocycles. The second-order valence-corrected chi connectivity index (χ2v) is 4.55. The molecule has 18 heavy (non-hydrogen) atoms. The molecular weight excluding hydrogens is 232 g/mol. The van der Waals surface area contributed by atoms with Crippen LogP contribution < -0.4 is 5.32 Å². The molecule has 1 aliphatic rings. The summed E-state index contributed by atoms with van der Waals surface area (Å²) in [5, 5.41) is 13.9. The molecule has 2 rings (SSSR count). The average Bonchev–Trinajstić information content (AvgIpc) is 2.82. The predicted octanol–water partition coefficient (Wildman–Crippen LogP) is 1.81. The molecule has 0 aliphatic carbocycles. The first-order chi connectivity index (χ1) is 8.66. The van der Waals surface area contributed by atoms with Crippen LogP contribution in [0.4, 0.5) is 11.5 Å². The topological polar surface area (TPSA) is 71.3 Å². The standard InChI is InChI=1S/C12H18N4O2/c1-10-4-5-11(16(17)18)12(14-10)13-6-9-15-7-2-3-8-15/h4-5H,2-3,6-9H2,1H3,(H,13,14). The molecule has 0 amide bonds. The highest BCUT2D eigenvalue weighted by Gasteiger charge is 2.16. The second-order valence-electron chi connectivity index (χ2n) is 4.55. The van der Waals surface area contributed by atoms with E-state index in [2.05, 4.69) is 15.2 Å². The third-order valence-corrected chi connectivity index (χ3v) is 3.13. The Morgan fingerprint density at radius 3 is 2.83 bits per heavy atom. The number of aryl methyl sites for hydroxylation is 1. The van der Waals surface area contributed by atoms with Crippen molar-refractivity contribution in [2.24, 2.45) is 0 Å². The van der Waals surface area contributed by atoms with E-state index in [1.54, 1.807) is 6.07 Å². The minimum atomic E-state index is -0.398. The van der Waals surface area contributed by atoms with Crippen LogP contribution >= 0.6 is 0 Å². The van der Waals surface area contributed by atoms with Gasteiger partial charge in [-0.1, -0.05) is 0 Å². The van der Waals surface area contributed by atoms with Crippen molar-refractivity contribution in [3.8, 4) is 0 Å². The van der Waals surface area contributed by atoms with Gasteiger partial charge in [-0.15, -0.1) is 0 Å². The third kappa shape index (κ3) is 3.16. The zero-order chi connectivity index (χ0) is 13.0. The van der Waals surface area contributed by atoms with Crippen molar-refractivity contribution in [2.45, 2.75) is 19.8 Å². The van der Waals surface area contributed by atoms with Crippen molar-refractivity contribution < 1.29 is 4.92 Å². The van der Waals surface area contributed by atoms with E-state index >= 15 is 0 Å². The molecule has 1 aromatic heterocycles. The van der Waals surface area contributed by atoms with Crippen LogP contribution in [0.25, 0.3) is 0 Å². The molecule has 2 heterocycles. The number of likely N-dealkylation sites (tertiary alicyclic amines) is 1. The van der Waals surface area contributed by atoms with Gasteiger partial charge in [-0.25, -0.2) is 4.98 Å². The molecule has 1 aliphatic heterocycles. The highest BCUT2D eigenvalue weighted by molar-refractivity contribution is 5.56. The average molecular weight is 250 g/mol. The molecule has 1 aromatic rings. The summed E-state index contributed by atoms with van der Waals surface area (Å²) >= 11 is 0. The predicted molar refractivity (Wildman–Crippen MR) is 69.8 cm³/mol. The Hall–Kier alpha value is -1.69. The summed E-state index contributed by atoms with van der Waals surface area (Å²) in [6.45, 7) is 5.69. The number of nitrogens with one attached hydrogen (secondary N) is 1. The van der Waals surface area contributed by atoms with Crippen molar-refractivity contribution in [1.82, 2.24) is 9.88 Å². The molecule has 1 N–H and O–H groups in total. The maximum Gasteiger partial charge on any atom is 0.311 e. The molecule has 6 nitrogen and oxygen atoms in total. The summed E-state index contributed by atoms with van der Waals surface area (Å²) in [6.07, 6.45) is 2.51. The second kappa shape index (κ2) is 5.77. The van der Waals surface area contributed by atoms with Crippen molar-refractivity contribution in [2.75, 3.05) is 31.5 Å². The lowest BCUT2D eigenvalue weighted by atomic mass is 10.3. The summed E-state index contributed by atoms with van der Waals surface area (Å²) in [4.78, 5) is 17.0. The van der Waals surface area contributed by atoms with Gasteiger partial charge in [0.25, 0.3) is 0 Å². The Labute approximate surface area is 106 Å². The van der Waals surface area contributed by atoms with Crippen LogP contribution in [-0.4, -0.2) is 41.0 Å². The molecule has 0 atom stereocenters. The lowest BCUT2D eigenvalue weighted by molar-refractivity contribution is -0.384. The van der Waals surface area contributed by atoms with E-state index < -0.39 is 4.92 Å². The van der Waals surface area contributed by atoms with Gasteiger partial charge < -0.3 is 10.2 Å². The first-order valence-electron chi connectivity index (χ1n) is 6.25. The SMILES string of the molecule is Cc1ccc([N+](=O)[O-])c(NCCN2CCCC2)n1. The number of anilines is 1. The summed E-state index contributed by atoms with van der Waals surface area (Å²) in [5.74, 6) is 0.374. The van der Waals surface area contributed by atoms with Gasteiger partial charge in [0.2, 0.25) is 5.82 Å². The van der Waals surface area contributed by atoms with Gasteiger partial charge in [-0.05, 0) is 38.9 Å². The molecular formula is C12H18N4O2. The van der Waals surface area contributed by atoms with Gasteiger partial charge in [0.1, 0.15) is 0 Å². The Kier molecular flexibility index (Phi) is 4.09. The molecule has 98 valence electrons.